The van der Waals surface area contributed by atoms with E-state index in [0.29, 0.717) is 17.5 Å². The molecular weight excluding hydrogens is 391 g/mol. The van der Waals surface area contributed by atoms with Crippen molar-refractivity contribution in [2.24, 2.45) is 5.92 Å². The summed E-state index contributed by atoms with van der Waals surface area (Å²) in [4.78, 5) is 12.0. The zero-order valence-electron chi connectivity index (χ0n) is 17.3. The Morgan fingerprint density at radius 1 is 1.13 bits per heavy atom. The number of carboxylic acid groups (broad SMARTS) is 1. The molecule has 0 aliphatic carbocycles. The first-order chi connectivity index (χ1) is 14.1. The highest BCUT2D eigenvalue weighted by Gasteiger charge is 2.30. The van der Waals surface area contributed by atoms with Crippen LogP contribution < -0.4 is 5.32 Å². The van der Waals surface area contributed by atoms with Crippen molar-refractivity contribution in [2.75, 3.05) is 13.1 Å². The van der Waals surface area contributed by atoms with Crippen LogP contribution in [-0.4, -0.2) is 24.2 Å². The van der Waals surface area contributed by atoms with Gasteiger partial charge in [-0.3, -0.25) is 4.79 Å². The summed E-state index contributed by atoms with van der Waals surface area (Å²) in [7, 11) is 0. The largest absolute Gasteiger partial charge is 0.481 e. The molecule has 1 heterocycles. The van der Waals surface area contributed by atoms with Gasteiger partial charge in [-0.1, -0.05) is 44.2 Å². The number of carbonyl (C=O) groups is 1. The Balaban J connectivity index is 2.06. The molecule has 6 heteroatoms. The van der Waals surface area contributed by atoms with E-state index in [4.69, 9.17) is 0 Å². The Morgan fingerprint density at radius 2 is 1.83 bits per heavy atom. The smallest absolute Gasteiger partial charge is 0.416 e. The molecule has 0 aromatic heterocycles. The summed E-state index contributed by atoms with van der Waals surface area (Å²) in [5.41, 5.74) is 2.49. The lowest BCUT2D eigenvalue weighted by Gasteiger charge is -2.25. The minimum absolute atomic E-state index is 0.209. The van der Waals surface area contributed by atoms with Crippen LogP contribution in [0.25, 0.3) is 11.1 Å². The van der Waals surface area contributed by atoms with Gasteiger partial charge < -0.3 is 10.4 Å². The molecule has 1 saturated heterocycles. The molecule has 3 rings (SSSR count). The van der Waals surface area contributed by atoms with Gasteiger partial charge >= 0.3 is 12.1 Å². The van der Waals surface area contributed by atoms with Gasteiger partial charge in [0.2, 0.25) is 0 Å². The molecule has 0 radical (unpaired) electrons. The van der Waals surface area contributed by atoms with Crippen LogP contribution >= 0.6 is 0 Å². The van der Waals surface area contributed by atoms with Gasteiger partial charge in [-0.2, -0.15) is 13.2 Å². The second kappa shape index (κ2) is 9.21. The van der Waals surface area contributed by atoms with Crippen molar-refractivity contribution < 1.29 is 23.1 Å². The monoisotopic (exact) mass is 419 g/mol. The average Bonchev–Trinajstić information content (AvgIpc) is 2.71. The van der Waals surface area contributed by atoms with Crippen molar-refractivity contribution in [1.82, 2.24) is 5.32 Å². The van der Waals surface area contributed by atoms with Gasteiger partial charge in [0.15, 0.2) is 0 Å². The van der Waals surface area contributed by atoms with Crippen LogP contribution in [0.4, 0.5) is 13.2 Å². The molecule has 1 aliphatic rings. The van der Waals surface area contributed by atoms with E-state index in [-0.39, 0.29) is 11.8 Å². The molecule has 0 amide bonds. The molecule has 0 spiro atoms. The van der Waals surface area contributed by atoms with Gasteiger partial charge in [-0.25, -0.2) is 0 Å². The number of hydrogen-bond acceptors (Lipinski definition) is 2. The van der Waals surface area contributed by atoms with Crippen molar-refractivity contribution in [3.05, 3.63) is 59.2 Å². The molecule has 3 nitrogen and oxygen atoms in total. The third kappa shape index (κ3) is 5.42. The third-order valence-corrected chi connectivity index (χ3v) is 5.70. The van der Waals surface area contributed by atoms with Crippen molar-refractivity contribution in [1.29, 1.82) is 0 Å². The summed E-state index contributed by atoms with van der Waals surface area (Å²) < 4.78 is 38.8. The quantitative estimate of drug-likeness (QED) is 0.599. The summed E-state index contributed by atoms with van der Waals surface area (Å²) in [6, 6.07) is 10.9. The molecular formula is C24H28F3NO2. The number of carboxylic acids is 1. The minimum atomic E-state index is -4.38. The molecule has 2 aromatic carbocycles. The van der Waals surface area contributed by atoms with Crippen molar-refractivity contribution in [3.63, 3.8) is 0 Å². The Bertz CT molecular complexity index is 869. The number of aliphatic carboxylic acids is 1. The first-order valence-corrected chi connectivity index (χ1v) is 10.4. The number of nitrogens with one attached hydrogen (secondary N) is 1. The van der Waals surface area contributed by atoms with Crippen LogP contribution in [0.1, 0.15) is 61.6 Å². The Hall–Kier alpha value is -2.34. The summed E-state index contributed by atoms with van der Waals surface area (Å²) in [6.07, 6.45) is -1.83. The normalized spacial score (nSPS) is 18.4. The molecule has 0 bridgehead atoms. The molecule has 0 saturated carbocycles. The summed E-state index contributed by atoms with van der Waals surface area (Å²) in [5, 5.41) is 13.2. The van der Waals surface area contributed by atoms with E-state index < -0.39 is 23.6 Å². The maximum absolute atomic E-state index is 12.9. The second-order valence-corrected chi connectivity index (χ2v) is 8.53. The highest BCUT2D eigenvalue weighted by Crippen LogP contribution is 2.35. The molecule has 162 valence electrons. The molecule has 2 aromatic rings. The standard InChI is InChI=1S/C24H28F3NO2/c1-15(2)10-22(23(29)30)20-12-18(11-19(13-20)17-4-3-9-28-14-17)16-5-7-21(8-6-16)24(25,26)27/h5-8,11-13,15,17,22,28H,3-4,9-10,14H2,1-2H3,(H,29,30)/t17-,22-/m0/s1. The number of alkyl halides is 3. The van der Waals surface area contributed by atoms with Crippen LogP contribution in [0.2, 0.25) is 0 Å². The van der Waals surface area contributed by atoms with Crippen LogP contribution in [0.3, 0.4) is 0 Å². The van der Waals surface area contributed by atoms with Crippen LogP contribution in [0.15, 0.2) is 42.5 Å². The van der Waals surface area contributed by atoms with E-state index in [1.807, 2.05) is 32.0 Å². The van der Waals surface area contributed by atoms with E-state index in [2.05, 4.69) is 5.32 Å². The molecule has 30 heavy (non-hydrogen) atoms. The number of halogens is 3. The minimum Gasteiger partial charge on any atom is -0.481 e. The molecule has 2 N–H and O–H groups in total. The van der Waals surface area contributed by atoms with Gasteiger partial charge in [-0.15, -0.1) is 0 Å². The van der Waals surface area contributed by atoms with Crippen LogP contribution in [0.5, 0.6) is 0 Å². The maximum Gasteiger partial charge on any atom is 0.416 e. The summed E-state index contributed by atoms with van der Waals surface area (Å²) in [6.45, 7) is 5.76. The average molecular weight is 419 g/mol. The van der Waals surface area contributed by atoms with Crippen molar-refractivity contribution in [2.45, 2.75) is 51.1 Å². The lowest BCUT2D eigenvalue weighted by molar-refractivity contribution is -0.139. The van der Waals surface area contributed by atoms with E-state index in [1.165, 1.54) is 12.1 Å². The molecule has 2 atom stereocenters. The van der Waals surface area contributed by atoms with Crippen molar-refractivity contribution >= 4 is 5.97 Å². The zero-order valence-corrected chi connectivity index (χ0v) is 17.3. The molecule has 0 unspecified atom stereocenters. The second-order valence-electron chi connectivity index (χ2n) is 8.53. The van der Waals surface area contributed by atoms with Gasteiger partial charge in [-0.05, 0) is 72.0 Å². The predicted octanol–water partition coefficient (Wildman–Crippen LogP) is 6.05. The first kappa shape index (κ1) is 22.3. The van der Waals surface area contributed by atoms with Gasteiger partial charge in [0.25, 0.3) is 0 Å². The fraction of sp³-hybridized carbons (Fsp3) is 0.458. The van der Waals surface area contributed by atoms with E-state index >= 15 is 0 Å². The zero-order chi connectivity index (χ0) is 21.9. The Labute approximate surface area is 175 Å². The molecule has 1 aliphatic heterocycles. The number of piperidine rings is 1. The Kier molecular flexibility index (Phi) is 6.86. The fourth-order valence-electron chi connectivity index (χ4n) is 4.12. The SMILES string of the molecule is CC(C)C[C@H](C(=O)O)c1cc(-c2ccc(C(F)(F)F)cc2)cc([C@H]2CCCNC2)c1. The lowest BCUT2D eigenvalue weighted by atomic mass is 9.83. The van der Waals surface area contributed by atoms with E-state index in [1.54, 1.807) is 0 Å². The lowest BCUT2D eigenvalue weighted by Crippen LogP contribution is -2.28. The van der Waals surface area contributed by atoms with E-state index in [9.17, 15) is 23.1 Å². The summed E-state index contributed by atoms with van der Waals surface area (Å²) in [5.74, 6) is -1.04. The fourth-order valence-corrected chi connectivity index (χ4v) is 4.12. The molecule has 1 fully saturated rings. The van der Waals surface area contributed by atoms with Gasteiger partial charge in [0.05, 0.1) is 11.5 Å². The highest BCUT2D eigenvalue weighted by molar-refractivity contribution is 5.77. The maximum atomic E-state index is 12.9. The Morgan fingerprint density at radius 3 is 2.37 bits per heavy atom. The van der Waals surface area contributed by atoms with Crippen LogP contribution in [0, 0.1) is 5.92 Å². The summed E-state index contributed by atoms with van der Waals surface area (Å²) >= 11 is 0. The number of rotatable bonds is 6. The third-order valence-electron chi connectivity index (χ3n) is 5.70. The number of hydrogen-bond donors (Lipinski definition) is 2. The topological polar surface area (TPSA) is 49.3 Å². The van der Waals surface area contributed by atoms with Crippen LogP contribution in [-0.2, 0) is 11.0 Å². The van der Waals surface area contributed by atoms with Gasteiger partial charge in [0.1, 0.15) is 0 Å². The van der Waals surface area contributed by atoms with Crippen molar-refractivity contribution in [3.8, 4) is 11.1 Å². The first-order valence-electron chi connectivity index (χ1n) is 10.4. The predicted molar refractivity (Wildman–Crippen MR) is 112 cm³/mol. The highest BCUT2D eigenvalue weighted by atomic mass is 19.4. The van der Waals surface area contributed by atoms with Gasteiger partial charge in [0, 0.05) is 6.54 Å². The van der Waals surface area contributed by atoms with E-state index in [0.717, 1.165) is 49.2 Å². The number of benzene rings is 2.